The van der Waals surface area contributed by atoms with E-state index < -0.39 is 0 Å². The van der Waals surface area contributed by atoms with Crippen LogP contribution in [0, 0.1) is 11.8 Å². The predicted octanol–water partition coefficient (Wildman–Crippen LogP) is 2.48. The maximum Gasteiger partial charge on any atom is 0.0303 e. The highest BCUT2D eigenvalue weighted by atomic mass is 15.2. The molecule has 2 N–H and O–H groups in total. The van der Waals surface area contributed by atoms with Gasteiger partial charge in [-0.25, -0.2) is 0 Å². The van der Waals surface area contributed by atoms with Crippen molar-refractivity contribution in [3.05, 3.63) is 0 Å². The third kappa shape index (κ3) is 2.94. The molecule has 2 unspecified atom stereocenters. The zero-order chi connectivity index (χ0) is 11.5. The summed E-state index contributed by atoms with van der Waals surface area (Å²) < 4.78 is 0. The molecule has 2 nitrogen and oxygen atoms in total. The molecule has 0 saturated carbocycles. The van der Waals surface area contributed by atoms with Gasteiger partial charge in [0, 0.05) is 18.6 Å². The van der Waals surface area contributed by atoms with E-state index in [4.69, 9.17) is 5.73 Å². The fourth-order valence-electron chi connectivity index (χ4n) is 2.75. The first kappa shape index (κ1) is 13.0. The fourth-order valence-corrected chi connectivity index (χ4v) is 2.75. The van der Waals surface area contributed by atoms with Gasteiger partial charge >= 0.3 is 0 Å². The fraction of sp³-hybridized carbons (Fsp3) is 1.00. The highest BCUT2D eigenvalue weighted by Gasteiger charge is 2.35. The van der Waals surface area contributed by atoms with Crippen molar-refractivity contribution in [3.63, 3.8) is 0 Å². The molecule has 2 atom stereocenters. The van der Waals surface area contributed by atoms with E-state index in [0.29, 0.717) is 0 Å². The lowest BCUT2D eigenvalue weighted by Gasteiger charge is -2.38. The highest BCUT2D eigenvalue weighted by Crippen LogP contribution is 2.31. The van der Waals surface area contributed by atoms with Crippen molar-refractivity contribution in [3.8, 4) is 0 Å². The van der Waals surface area contributed by atoms with Crippen molar-refractivity contribution in [2.75, 3.05) is 19.6 Å². The molecule has 1 aliphatic rings. The van der Waals surface area contributed by atoms with E-state index in [0.717, 1.165) is 18.4 Å². The molecule has 1 saturated heterocycles. The van der Waals surface area contributed by atoms with Crippen LogP contribution in [0.5, 0.6) is 0 Å². The number of nitrogens with two attached hydrogens (primary N) is 1. The Balaban J connectivity index is 2.57. The SMILES string of the molecule is CCCC(C)(CN)N1CCC(C(C)C)C1. The van der Waals surface area contributed by atoms with E-state index in [1.54, 1.807) is 0 Å². The first-order chi connectivity index (χ1) is 7.03. The lowest BCUT2D eigenvalue weighted by atomic mass is 9.93. The molecule has 0 aromatic heterocycles. The number of hydrogen-bond donors (Lipinski definition) is 1. The van der Waals surface area contributed by atoms with E-state index in [9.17, 15) is 0 Å². The quantitative estimate of drug-likeness (QED) is 0.758. The van der Waals surface area contributed by atoms with Gasteiger partial charge in [0.1, 0.15) is 0 Å². The summed E-state index contributed by atoms with van der Waals surface area (Å²) in [5.41, 5.74) is 6.20. The molecule has 1 rings (SSSR count). The summed E-state index contributed by atoms with van der Waals surface area (Å²) in [6.45, 7) is 12.6. The number of nitrogens with zero attached hydrogens (tertiary/aromatic N) is 1. The Hall–Kier alpha value is -0.0800. The smallest absolute Gasteiger partial charge is 0.0303 e. The van der Waals surface area contributed by atoms with E-state index in [-0.39, 0.29) is 5.54 Å². The Kier molecular flexibility index (Phi) is 4.60. The molecule has 1 heterocycles. The Bertz CT molecular complexity index is 191. The highest BCUT2D eigenvalue weighted by molar-refractivity contribution is 4.92. The summed E-state index contributed by atoms with van der Waals surface area (Å²) in [5.74, 6) is 1.70. The molecule has 15 heavy (non-hydrogen) atoms. The van der Waals surface area contributed by atoms with E-state index in [1.807, 2.05) is 0 Å². The van der Waals surface area contributed by atoms with Gasteiger partial charge in [0.05, 0.1) is 0 Å². The zero-order valence-corrected chi connectivity index (χ0v) is 10.9. The van der Waals surface area contributed by atoms with Crippen LogP contribution in [0.15, 0.2) is 0 Å². The summed E-state index contributed by atoms with van der Waals surface area (Å²) >= 11 is 0. The second-order valence-corrected chi connectivity index (χ2v) is 5.69. The lowest BCUT2D eigenvalue weighted by molar-refractivity contribution is 0.123. The third-order valence-corrected chi connectivity index (χ3v) is 4.16. The maximum absolute atomic E-state index is 5.95. The van der Waals surface area contributed by atoms with Crippen molar-refractivity contribution in [2.45, 2.75) is 52.5 Å². The molecule has 0 bridgehead atoms. The van der Waals surface area contributed by atoms with Crippen molar-refractivity contribution in [1.82, 2.24) is 4.90 Å². The Morgan fingerprint density at radius 2 is 2.13 bits per heavy atom. The van der Waals surface area contributed by atoms with E-state index in [2.05, 4.69) is 32.6 Å². The Morgan fingerprint density at radius 3 is 2.53 bits per heavy atom. The molecule has 1 fully saturated rings. The molecule has 0 aromatic carbocycles. The molecule has 0 radical (unpaired) electrons. The van der Waals surface area contributed by atoms with Gasteiger partial charge in [-0.05, 0) is 38.1 Å². The monoisotopic (exact) mass is 212 g/mol. The molecule has 0 amide bonds. The lowest BCUT2D eigenvalue weighted by Crippen LogP contribution is -2.50. The standard InChI is InChI=1S/C13H28N2/c1-5-7-13(4,10-14)15-8-6-12(9-15)11(2)3/h11-12H,5-10,14H2,1-4H3. The minimum absolute atomic E-state index is 0.248. The number of rotatable bonds is 5. The Labute approximate surface area is 95.2 Å². The van der Waals surface area contributed by atoms with Gasteiger partial charge in [-0.3, -0.25) is 4.90 Å². The Morgan fingerprint density at radius 1 is 1.47 bits per heavy atom. The van der Waals surface area contributed by atoms with E-state index >= 15 is 0 Å². The topological polar surface area (TPSA) is 29.3 Å². The predicted molar refractivity (Wildman–Crippen MR) is 66.9 cm³/mol. The van der Waals surface area contributed by atoms with Crippen LogP contribution in [0.3, 0.4) is 0 Å². The van der Waals surface area contributed by atoms with Crippen molar-refractivity contribution < 1.29 is 0 Å². The van der Waals surface area contributed by atoms with E-state index in [1.165, 1.54) is 32.4 Å². The van der Waals surface area contributed by atoms with Gasteiger partial charge < -0.3 is 5.73 Å². The molecular formula is C13H28N2. The van der Waals surface area contributed by atoms with Gasteiger partial charge in [0.2, 0.25) is 0 Å². The normalized spacial score (nSPS) is 27.2. The third-order valence-electron chi connectivity index (χ3n) is 4.16. The van der Waals surface area contributed by atoms with Crippen molar-refractivity contribution >= 4 is 0 Å². The van der Waals surface area contributed by atoms with Crippen LogP contribution in [0.2, 0.25) is 0 Å². The molecule has 2 heteroatoms. The van der Waals surface area contributed by atoms with Gasteiger partial charge in [-0.15, -0.1) is 0 Å². The summed E-state index contributed by atoms with van der Waals surface area (Å²) in [4.78, 5) is 2.63. The van der Waals surface area contributed by atoms with Gasteiger partial charge in [0.25, 0.3) is 0 Å². The van der Waals surface area contributed by atoms with Crippen molar-refractivity contribution in [1.29, 1.82) is 0 Å². The van der Waals surface area contributed by atoms with Crippen LogP contribution in [0.4, 0.5) is 0 Å². The van der Waals surface area contributed by atoms with Gasteiger partial charge in [-0.1, -0.05) is 27.2 Å². The minimum atomic E-state index is 0.248. The largest absolute Gasteiger partial charge is 0.329 e. The van der Waals surface area contributed by atoms with Crippen LogP contribution < -0.4 is 5.73 Å². The first-order valence-corrected chi connectivity index (χ1v) is 6.48. The summed E-state index contributed by atoms with van der Waals surface area (Å²) in [6, 6.07) is 0. The molecular weight excluding hydrogens is 184 g/mol. The molecule has 0 aliphatic carbocycles. The van der Waals surface area contributed by atoms with Gasteiger partial charge in [-0.2, -0.15) is 0 Å². The summed E-state index contributed by atoms with van der Waals surface area (Å²) in [6.07, 6.45) is 3.82. The maximum atomic E-state index is 5.95. The second kappa shape index (κ2) is 5.31. The molecule has 90 valence electrons. The van der Waals surface area contributed by atoms with Crippen LogP contribution in [0.1, 0.15) is 47.0 Å². The zero-order valence-electron chi connectivity index (χ0n) is 10.9. The average molecular weight is 212 g/mol. The van der Waals surface area contributed by atoms with Crippen molar-refractivity contribution in [2.24, 2.45) is 17.6 Å². The van der Waals surface area contributed by atoms with Crippen LogP contribution in [0.25, 0.3) is 0 Å². The van der Waals surface area contributed by atoms with Gasteiger partial charge in [0.15, 0.2) is 0 Å². The number of likely N-dealkylation sites (tertiary alicyclic amines) is 1. The molecule has 0 aromatic rings. The number of hydrogen-bond acceptors (Lipinski definition) is 2. The van der Waals surface area contributed by atoms with Crippen LogP contribution in [-0.2, 0) is 0 Å². The molecule has 1 aliphatic heterocycles. The summed E-state index contributed by atoms with van der Waals surface area (Å²) in [7, 11) is 0. The second-order valence-electron chi connectivity index (χ2n) is 5.69. The van der Waals surface area contributed by atoms with Crippen LogP contribution >= 0.6 is 0 Å². The van der Waals surface area contributed by atoms with Crippen LogP contribution in [-0.4, -0.2) is 30.1 Å². The molecule has 0 spiro atoms. The minimum Gasteiger partial charge on any atom is -0.329 e. The first-order valence-electron chi connectivity index (χ1n) is 6.48. The average Bonchev–Trinajstić information content (AvgIpc) is 2.67. The summed E-state index contributed by atoms with van der Waals surface area (Å²) in [5, 5.41) is 0.